The van der Waals surface area contributed by atoms with Crippen molar-refractivity contribution in [3.63, 3.8) is 0 Å². The Morgan fingerprint density at radius 2 is 1.77 bits per heavy atom. The van der Waals surface area contributed by atoms with Crippen molar-refractivity contribution in [3.8, 4) is 0 Å². The van der Waals surface area contributed by atoms with Crippen molar-refractivity contribution in [2.24, 2.45) is 7.05 Å². The molecule has 0 bridgehead atoms. The second kappa shape index (κ2) is 5.76. The summed E-state index contributed by atoms with van der Waals surface area (Å²) in [5.41, 5.74) is -2.07. The first-order chi connectivity index (χ1) is 9.84. The van der Waals surface area contributed by atoms with Gasteiger partial charge >= 0.3 is 24.0 Å². The fourth-order valence-corrected chi connectivity index (χ4v) is 1.61. The summed E-state index contributed by atoms with van der Waals surface area (Å²) in [6.45, 7) is 1.46. The van der Waals surface area contributed by atoms with Crippen molar-refractivity contribution >= 4 is 5.97 Å². The summed E-state index contributed by atoms with van der Waals surface area (Å²) in [6, 6.07) is 0.316. The van der Waals surface area contributed by atoms with E-state index < -0.39 is 41.8 Å². The first kappa shape index (κ1) is 18.2. The lowest BCUT2D eigenvalue weighted by Crippen LogP contribution is -2.50. The predicted octanol–water partition coefficient (Wildman–Crippen LogP) is 2.82. The molecule has 0 radical (unpaired) electrons. The van der Waals surface area contributed by atoms with Gasteiger partial charge in [-0.3, -0.25) is 9.48 Å². The Hall–Kier alpha value is -1.81. The highest BCUT2D eigenvalue weighted by Gasteiger charge is 2.74. The van der Waals surface area contributed by atoms with E-state index in [0.29, 0.717) is 6.07 Å². The lowest BCUT2D eigenvalue weighted by Gasteiger charge is -2.27. The topological polar surface area (TPSA) is 44.1 Å². The van der Waals surface area contributed by atoms with Gasteiger partial charge in [-0.15, -0.1) is 0 Å². The zero-order valence-electron chi connectivity index (χ0n) is 11.3. The molecule has 0 atom stereocenters. The molecule has 0 unspecified atom stereocenters. The van der Waals surface area contributed by atoms with Crippen LogP contribution in [-0.2, 0) is 28.9 Å². The molecular formula is C11H11F7N2O2. The van der Waals surface area contributed by atoms with Gasteiger partial charge < -0.3 is 4.74 Å². The van der Waals surface area contributed by atoms with Crippen molar-refractivity contribution in [3.05, 3.63) is 17.5 Å². The molecule has 0 N–H and O–H groups in total. The molecule has 0 aromatic carbocycles. The van der Waals surface area contributed by atoms with Crippen LogP contribution in [0.15, 0.2) is 6.07 Å². The van der Waals surface area contributed by atoms with Crippen LogP contribution < -0.4 is 0 Å². The van der Waals surface area contributed by atoms with E-state index in [1.54, 1.807) is 0 Å². The Labute approximate surface area is 119 Å². The van der Waals surface area contributed by atoms with Gasteiger partial charge in [0.1, 0.15) is 5.69 Å². The zero-order chi connectivity index (χ0) is 17.3. The standard InChI is InChI=1S/C11H11F7N2O2/c1-3-22-8(21)5-6-4-7(20(2)19-6)9(12,13)10(14,15)11(16,17)18/h4H,3,5H2,1-2H3. The molecule has 11 heteroatoms. The number of halogens is 7. The maximum absolute atomic E-state index is 13.5. The van der Waals surface area contributed by atoms with E-state index >= 15 is 0 Å². The summed E-state index contributed by atoms with van der Waals surface area (Å²) in [7, 11) is 0.768. The minimum atomic E-state index is -6.44. The molecule has 22 heavy (non-hydrogen) atoms. The monoisotopic (exact) mass is 336 g/mol. The summed E-state index contributed by atoms with van der Waals surface area (Å²) in [5.74, 6) is -12.7. The van der Waals surface area contributed by atoms with Crippen LogP contribution in [0.2, 0.25) is 0 Å². The third kappa shape index (κ3) is 3.17. The van der Waals surface area contributed by atoms with Crippen molar-refractivity contribution in [1.82, 2.24) is 9.78 Å². The molecule has 1 aromatic rings. The van der Waals surface area contributed by atoms with E-state index in [2.05, 4.69) is 9.84 Å². The third-order valence-electron chi connectivity index (χ3n) is 2.63. The summed E-state index contributed by atoms with van der Waals surface area (Å²) >= 11 is 0. The number of rotatable bonds is 5. The number of alkyl halides is 7. The Morgan fingerprint density at radius 1 is 1.23 bits per heavy atom. The Bertz CT molecular complexity index is 551. The van der Waals surface area contributed by atoms with Crippen LogP contribution in [0, 0.1) is 0 Å². The van der Waals surface area contributed by atoms with Gasteiger partial charge in [0, 0.05) is 7.05 Å². The van der Waals surface area contributed by atoms with Crippen molar-refractivity contribution in [2.45, 2.75) is 31.4 Å². The van der Waals surface area contributed by atoms with Crippen LogP contribution in [0.1, 0.15) is 18.3 Å². The van der Waals surface area contributed by atoms with Crippen molar-refractivity contribution in [2.75, 3.05) is 6.61 Å². The van der Waals surface area contributed by atoms with Gasteiger partial charge in [-0.25, -0.2) is 0 Å². The highest BCUT2D eigenvalue weighted by molar-refractivity contribution is 5.71. The number of esters is 1. The fourth-order valence-electron chi connectivity index (χ4n) is 1.61. The smallest absolute Gasteiger partial charge is 0.460 e. The third-order valence-corrected chi connectivity index (χ3v) is 2.63. The molecule has 0 saturated carbocycles. The number of aryl methyl sites for hydroxylation is 1. The average molecular weight is 336 g/mol. The molecule has 0 aliphatic rings. The van der Waals surface area contributed by atoms with Crippen molar-refractivity contribution in [1.29, 1.82) is 0 Å². The van der Waals surface area contributed by atoms with E-state index in [4.69, 9.17) is 0 Å². The quantitative estimate of drug-likeness (QED) is 0.613. The number of carbonyl (C=O) groups is 1. The highest BCUT2D eigenvalue weighted by Crippen LogP contribution is 2.51. The molecule has 0 fully saturated rings. The molecule has 0 spiro atoms. The Morgan fingerprint density at radius 3 is 2.23 bits per heavy atom. The van der Waals surface area contributed by atoms with Gasteiger partial charge in [-0.2, -0.15) is 35.8 Å². The van der Waals surface area contributed by atoms with Crippen LogP contribution in [0.25, 0.3) is 0 Å². The molecule has 0 amide bonds. The molecular weight excluding hydrogens is 325 g/mol. The SMILES string of the molecule is CCOC(=O)Cc1cc(C(F)(F)C(F)(F)C(F)(F)F)n(C)n1. The minimum Gasteiger partial charge on any atom is -0.466 e. The summed E-state index contributed by atoms with van der Waals surface area (Å²) < 4.78 is 94.1. The molecule has 1 heterocycles. The molecule has 4 nitrogen and oxygen atoms in total. The van der Waals surface area contributed by atoms with E-state index in [0.717, 1.165) is 7.05 Å². The molecule has 1 aromatic heterocycles. The summed E-state index contributed by atoms with van der Waals surface area (Å²) in [6.07, 6.45) is -7.07. The Kier molecular flexibility index (Phi) is 4.78. The Balaban J connectivity index is 3.16. The lowest BCUT2D eigenvalue weighted by atomic mass is 10.1. The number of hydrogen-bond donors (Lipinski definition) is 0. The summed E-state index contributed by atoms with van der Waals surface area (Å²) in [4.78, 5) is 11.2. The van der Waals surface area contributed by atoms with E-state index in [9.17, 15) is 35.5 Å². The van der Waals surface area contributed by atoms with E-state index in [1.165, 1.54) is 6.92 Å². The summed E-state index contributed by atoms with van der Waals surface area (Å²) in [5, 5.41) is 3.33. The lowest BCUT2D eigenvalue weighted by molar-refractivity contribution is -0.361. The molecule has 126 valence electrons. The van der Waals surface area contributed by atoms with Crippen LogP contribution in [-0.4, -0.2) is 34.5 Å². The van der Waals surface area contributed by atoms with Crippen molar-refractivity contribution < 1.29 is 40.3 Å². The maximum atomic E-state index is 13.5. The van der Waals surface area contributed by atoms with Gasteiger partial charge in [-0.05, 0) is 13.0 Å². The second-order valence-electron chi connectivity index (χ2n) is 4.27. The van der Waals surface area contributed by atoms with Crippen LogP contribution in [0.5, 0.6) is 0 Å². The minimum absolute atomic E-state index is 0.0131. The van der Waals surface area contributed by atoms with Crippen LogP contribution >= 0.6 is 0 Å². The predicted molar refractivity (Wildman–Crippen MR) is 58.4 cm³/mol. The highest BCUT2D eigenvalue weighted by atomic mass is 19.4. The van der Waals surface area contributed by atoms with Gasteiger partial charge in [0.2, 0.25) is 0 Å². The normalized spacial score (nSPS) is 13.3. The molecule has 0 aliphatic carbocycles. The zero-order valence-corrected chi connectivity index (χ0v) is 11.3. The second-order valence-corrected chi connectivity index (χ2v) is 4.27. The number of aromatic nitrogens is 2. The fraction of sp³-hybridized carbons (Fsp3) is 0.636. The maximum Gasteiger partial charge on any atom is 0.460 e. The van der Waals surface area contributed by atoms with E-state index in [-0.39, 0.29) is 11.3 Å². The van der Waals surface area contributed by atoms with E-state index in [1.807, 2.05) is 0 Å². The molecule has 1 rings (SSSR count). The molecule has 0 aliphatic heterocycles. The molecule has 0 saturated heterocycles. The van der Waals surface area contributed by atoms with Crippen LogP contribution in [0.3, 0.4) is 0 Å². The number of hydrogen-bond acceptors (Lipinski definition) is 3. The van der Waals surface area contributed by atoms with Crippen LogP contribution in [0.4, 0.5) is 30.7 Å². The van der Waals surface area contributed by atoms with Gasteiger partial charge in [0.25, 0.3) is 0 Å². The first-order valence-electron chi connectivity index (χ1n) is 5.86. The van der Waals surface area contributed by atoms with Gasteiger partial charge in [0.15, 0.2) is 0 Å². The number of carbonyl (C=O) groups excluding carboxylic acids is 1. The first-order valence-corrected chi connectivity index (χ1v) is 5.86. The number of nitrogens with zero attached hydrogens (tertiary/aromatic N) is 2. The van der Waals surface area contributed by atoms with Gasteiger partial charge in [-0.1, -0.05) is 0 Å². The van der Waals surface area contributed by atoms with Gasteiger partial charge in [0.05, 0.1) is 18.7 Å². The average Bonchev–Trinajstić information content (AvgIpc) is 2.69. The number of ether oxygens (including phenoxy) is 1. The largest absolute Gasteiger partial charge is 0.466 e.